The zero-order valence-electron chi connectivity index (χ0n) is 9.23. The summed E-state index contributed by atoms with van der Waals surface area (Å²) in [5.41, 5.74) is 0.361. The summed E-state index contributed by atoms with van der Waals surface area (Å²) in [5, 5.41) is 0. The van der Waals surface area contributed by atoms with E-state index >= 15 is 0 Å². The molecule has 92 valence electrons. The van der Waals surface area contributed by atoms with Crippen LogP contribution in [-0.2, 0) is 4.74 Å². The van der Waals surface area contributed by atoms with Gasteiger partial charge in [-0.25, -0.2) is 4.39 Å². The van der Waals surface area contributed by atoms with E-state index in [-0.39, 0.29) is 12.0 Å². The fourth-order valence-electron chi connectivity index (χ4n) is 1.80. The lowest BCUT2D eigenvalue weighted by Crippen LogP contribution is -2.46. The van der Waals surface area contributed by atoms with E-state index in [1.165, 1.54) is 18.2 Å². The van der Waals surface area contributed by atoms with Crippen molar-refractivity contribution >= 4 is 17.5 Å². The van der Waals surface area contributed by atoms with Crippen molar-refractivity contribution in [3.8, 4) is 0 Å². The lowest BCUT2D eigenvalue weighted by Gasteiger charge is -2.32. The van der Waals surface area contributed by atoms with Gasteiger partial charge in [0.2, 0.25) is 0 Å². The van der Waals surface area contributed by atoms with Crippen molar-refractivity contribution in [3.05, 3.63) is 35.6 Å². The molecule has 1 aromatic carbocycles. The predicted octanol–water partition coefficient (Wildman–Crippen LogP) is 1.91. The van der Waals surface area contributed by atoms with Gasteiger partial charge in [0.25, 0.3) is 5.91 Å². The van der Waals surface area contributed by atoms with Crippen LogP contribution >= 0.6 is 11.6 Å². The van der Waals surface area contributed by atoms with Gasteiger partial charge < -0.3 is 9.64 Å². The number of rotatable bonds is 2. The number of nitrogens with zero attached hydrogens (tertiary/aromatic N) is 1. The largest absolute Gasteiger partial charge is 0.373 e. The summed E-state index contributed by atoms with van der Waals surface area (Å²) in [7, 11) is 0. The van der Waals surface area contributed by atoms with Crippen LogP contribution in [0.25, 0.3) is 0 Å². The number of alkyl halides is 1. The maximum Gasteiger partial charge on any atom is 0.254 e. The van der Waals surface area contributed by atoms with E-state index in [0.717, 1.165) is 0 Å². The fourth-order valence-corrected chi connectivity index (χ4v) is 1.99. The highest BCUT2D eigenvalue weighted by molar-refractivity contribution is 6.18. The van der Waals surface area contributed by atoms with Crippen LogP contribution in [0.1, 0.15) is 10.4 Å². The number of carbonyl (C=O) groups is 1. The number of hydrogen-bond acceptors (Lipinski definition) is 2. The van der Waals surface area contributed by atoms with Crippen molar-refractivity contribution < 1.29 is 13.9 Å². The van der Waals surface area contributed by atoms with Crippen LogP contribution in [0, 0.1) is 5.82 Å². The number of halogens is 2. The molecule has 1 unspecified atom stereocenters. The predicted molar refractivity (Wildman–Crippen MR) is 62.8 cm³/mol. The Bertz CT molecular complexity index is 413. The molecule has 1 fully saturated rings. The van der Waals surface area contributed by atoms with Crippen LogP contribution in [0.3, 0.4) is 0 Å². The molecule has 1 amide bonds. The molecule has 0 aromatic heterocycles. The minimum absolute atomic E-state index is 0.136. The van der Waals surface area contributed by atoms with Gasteiger partial charge in [-0.3, -0.25) is 4.79 Å². The van der Waals surface area contributed by atoms with Gasteiger partial charge in [-0.1, -0.05) is 6.07 Å². The second kappa shape index (κ2) is 5.47. The van der Waals surface area contributed by atoms with Crippen molar-refractivity contribution in [3.63, 3.8) is 0 Å². The van der Waals surface area contributed by atoms with E-state index in [1.54, 1.807) is 11.0 Å². The number of carbonyl (C=O) groups excluding carboxylic acids is 1. The molecule has 2 rings (SSSR count). The van der Waals surface area contributed by atoms with E-state index in [9.17, 15) is 9.18 Å². The fraction of sp³-hybridized carbons (Fsp3) is 0.417. The topological polar surface area (TPSA) is 29.5 Å². The summed E-state index contributed by atoms with van der Waals surface area (Å²) in [4.78, 5) is 13.7. The van der Waals surface area contributed by atoms with Crippen LogP contribution in [0.2, 0.25) is 0 Å². The third-order valence-corrected chi connectivity index (χ3v) is 3.01. The molecule has 1 aliphatic rings. The van der Waals surface area contributed by atoms with Crippen LogP contribution in [0.4, 0.5) is 4.39 Å². The van der Waals surface area contributed by atoms with E-state index < -0.39 is 5.82 Å². The Morgan fingerprint density at radius 1 is 1.59 bits per heavy atom. The summed E-state index contributed by atoms with van der Waals surface area (Å²) >= 11 is 5.70. The minimum Gasteiger partial charge on any atom is -0.373 e. The maximum absolute atomic E-state index is 13.0. The molecule has 0 bridgehead atoms. The maximum atomic E-state index is 13.0. The Kier molecular flexibility index (Phi) is 3.97. The van der Waals surface area contributed by atoms with Crippen molar-refractivity contribution in [1.82, 2.24) is 4.90 Å². The van der Waals surface area contributed by atoms with E-state index in [0.29, 0.717) is 31.1 Å². The summed E-state index contributed by atoms with van der Waals surface area (Å²) in [5.74, 6) is -0.228. The highest BCUT2D eigenvalue weighted by Gasteiger charge is 2.24. The third-order valence-electron chi connectivity index (χ3n) is 2.67. The summed E-state index contributed by atoms with van der Waals surface area (Å²) in [6.07, 6.45) is -0.136. The second-order valence-corrected chi connectivity index (χ2v) is 4.22. The molecule has 3 nitrogen and oxygen atoms in total. The molecule has 1 heterocycles. The molecule has 1 atom stereocenters. The van der Waals surface area contributed by atoms with Gasteiger partial charge in [0.05, 0.1) is 18.6 Å². The molecule has 0 aliphatic carbocycles. The Balaban J connectivity index is 2.09. The molecular weight excluding hydrogens is 245 g/mol. The van der Waals surface area contributed by atoms with Crippen molar-refractivity contribution in [1.29, 1.82) is 0 Å². The highest BCUT2D eigenvalue weighted by Crippen LogP contribution is 2.12. The third kappa shape index (κ3) is 2.96. The smallest absolute Gasteiger partial charge is 0.254 e. The lowest BCUT2D eigenvalue weighted by atomic mass is 10.1. The standard InChI is InChI=1S/C12H13ClFNO2/c13-7-11-8-15(4-5-17-11)12(16)9-2-1-3-10(14)6-9/h1-3,6,11H,4-5,7-8H2. The number of hydrogen-bond donors (Lipinski definition) is 0. The first-order valence-corrected chi connectivity index (χ1v) is 5.96. The van der Waals surface area contributed by atoms with Crippen molar-refractivity contribution in [2.24, 2.45) is 0 Å². The first-order chi connectivity index (χ1) is 8.20. The normalized spacial score (nSPS) is 20.4. The number of morpholine rings is 1. The minimum atomic E-state index is -0.405. The van der Waals surface area contributed by atoms with Crippen LogP contribution in [0.5, 0.6) is 0 Å². The SMILES string of the molecule is O=C(c1cccc(F)c1)N1CCOC(CCl)C1. The van der Waals surface area contributed by atoms with Gasteiger partial charge in [0.1, 0.15) is 5.82 Å². The van der Waals surface area contributed by atoms with Crippen LogP contribution in [0.15, 0.2) is 24.3 Å². The quantitative estimate of drug-likeness (QED) is 0.758. The first-order valence-electron chi connectivity index (χ1n) is 5.43. The molecule has 5 heteroatoms. The molecule has 0 spiro atoms. The van der Waals surface area contributed by atoms with Gasteiger partial charge in [0, 0.05) is 18.7 Å². The van der Waals surface area contributed by atoms with Gasteiger partial charge in [-0.15, -0.1) is 11.6 Å². The Morgan fingerprint density at radius 3 is 3.12 bits per heavy atom. The zero-order valence-corrected chi connectivity index (χ0v) is 9.99. The highest BCUT2D eigenvalue weighted by atomic mass is 35.5. The number of benzene rings is 1. The van der Waals surface area contributed by atoms with Crippen LogP contribution < -0.4 is 0 Å². The molecule has 17 heavy (non-hydrogen) atoms. The van der Waals surface area contributed by atoms with E-state index in [4.69, 9.17) is 16.3 Å². The molecule has 1 aliphatic heterocycles. The summed E-state index contributed by atoms with van der Waals surface area (Å²) in [6.45, 7) is 1.44. The van der Waals surface area contributed by atoms with E-state index in [1.807, 2.05) is 0 Å². The van der Waals surface area contributed by atoms with Crippen LogP contribution in [-0.4, -0.2) is 42.5 Å². The van der Waals surface area contributed by atoms with Gasteiger partial charge >= 0.3 is 0 Å². The van der Waals surface area contributed by atoms with Gasteiger partial charge in [0.15, 0.2) is 0 Å². The van der Waals surface area contributed by atoms with Crippen molar-refractivity contribution in [2.75, 3.05) is 25.6 Å². The number of ether oxygens (including phenoxy) is 1. The Hall–Kier alpha value is -1.13. The summed E-state index contributed by atoms with van der Waals surface area (Å²) in [6, 6.07) is 5.70. The first kappa shape index (κ1) is 12.3. The van der Waals surface area contributed by atoms with E-state index in [2.05, 4.69) is 0 Å². The zero-order chi connectivity index (χ0) is 12.3. The molecule has 1 saturated heterocycles. The molecular formula is C12H13ClFNO2. The monoisotopic (exact) mass is 257 g/mol. The van der Waals surface area contributed by atoms with Gasteiger partial charge in [-0.05, 0) is 18.2 Å². The molecule has 0 saturated carbocycles. The average molecular weight is 258 g/mol. The Morgan fingerprint density at radius 2 is 2.41 bits per heavy atom. The average Bonchev–Trinajstić information content (AvgIpc) is 2.38. The molecule has 1 aromatic rings. The number of amides is 1. The Labute approximate surface area is 104 Å². The summed E-state index contributed by atoms with van der Waals surface area (Å²) < 4.78 is 18.4. The van der Waals surface area contributed by atoms with Gasteiger partial charge in [-0.2, -0.15) is 0 Å². The molecule has 0 radical (unpaired) electrons. The molecule has 0 N–H and O–H groups in total. The second-order valence-electron chi connectivity index (χ2n) is 3.91. The lowest BCUT2D eigenvalue weighted by molar-refractivity contribution is -0.0108. The van der Waals surface area contributed by atoms with Crippen molar-refractivity contribution in [2.45, 2.75) is 6.10 Å².